The van der Waals surface area contributed by atoms with Crippen molar-refractivity contribution in [2.45, 2.75) is 24.3 Å². The number of aromatic nitrogens is 1. The van der Waals surface area contributed by atoms with Gasteiger partial charge >= 0.3 is 12.1 Å². The minimum atomic E-state index is -1.45. The minimum Gasteiger partial charge on any atom is -0.481 e. The number of fused-ring (bicyclic) bond motifs is 1. The number of thioether (sulfide) groups is 1. The SMILES string of the molecule is Nc1nc(C(=NO)C(=O)NC2C(=O)N3CC(COC(=O)N4CCCC4)(C(=O)O)CS[C@H]23)cs1. The first-order chi connectivity index (χ1) is 15.8. The van der Waals surface area contributed by atoms with Gasteiger partial charge in [0.05, 0.1) is 0 Å². The maximum absolute atomic E-state index is 12.7. The molecule has 3 atom stereocenters. The molecule has 5 N–H and O–H groups in total. The molecule has 2 unspecified atom stereocenters. The molecular formula is C18H22N6O7S2. The number of carbonyl (C=O) groups excluding carboxylic acids is 3. The predicted molar refractivity (Wildman–Crippen MR) is 117 cm³/mol. The third-order valence-corrected chi connectivity index (χ3v) is 8.06. The molecule has 0 aromatic carbocycles. The normalized spacial score (nSPS) is 27.0. The summed E-state index contributed by atoms with van der Waals surface area (Å²) in [5, 5.41) is 25.7. The quantitative estimate of drug-likeness (QED) is 0.174. The predicted octanol–water partition coefficient (Wildman–Crippen LogP) is -0.393. The zero-order valence-corrected chi connectivity index (χ0v) is 18.9. The maximum atomic E-state index is 12.7. The Morgan fingerprint density at radius 1 is 1.36 bits per heavy atom. The topological polar surface area (TPSA) is 188 Å². The molecule has 15 heteroatoms. The molecule has 0 bridgehead atoms. The van der Waals surface area contributed by atoms with Crippen molar-refractivity contribution < 1.29 is 34.2 Å². The average Bonchev–Trinajstić information content (AvgIpc) is 3.48. The van der Waals surface area contributed by atoms with E-state index in [0.717, 1.165) is 24.2 Å². The van der Waals surface area contributed by atoms with Crippen LogP contribution in [-0.4, -0.2) is 98.1 Å². The monoisotopic (exact) mass is 498 g/mol. The Kier molecular flexibility index (Phi) is 6.34. The van der Waals surface area contributed by atoms with Crippen LogP contribution in [0.5, 0.6) is 0 Å². The number of nitrogens with zero attached hydrogens (tertiary/aromatic N) is 4. The number of nitrogen functional groups attached to an aromatic ring is 1. The van der Waals surface area contributed by atoms with Gasteiger partial charge in [0.2, 0.25) is 5.91 Å². The summed E-state index contributed by atoms with van der Waals surface area (Å²) in [6, 6.07) is -0.922. The van der Waals surface area contributed by atoms with Gasteiger partial charge in [-0.25, -0.2) is 9.78 Å². The molecular weight excluding hydrogens is 476 g/mol. The van der Waals surface area contributed by atoms with E-state index in [4.69, 9.17) is 10.5 Å². The van der Waals surface area contributed by atoms with Gasteiger partial charge in [0.15, 0.2) is 10.8 Å². The summed E-state index contributed by atoms with van der Waals surface area (Å²) in [6.07, 6.45) is 1.20. The summed E-state index contributed by atoms with van der Waals surface area (Å²) in [4.78, 5) is 56.2. The van der Waals surface area contributed by atoms with Crippen molar-refractivity contribution in [2.24, 2.45) is 10.6 Å². The Hall–Kier alpha value is -3.07. The van der Waals surface area contributed by atoms with Gasteiger partial charge in [-0.1, -0.05) is 5.16 Å². The highest BCUT2D eigenvalue weighted by molar-refractivity contribution is 8.00. The van der Waals surface area contributed by atoms with Crippen LogP contribution in [0.2, 0.25) is 0 Å². The number of carboxylic acid groups (broad SMARTS) is 1. The molecule has 1 aromatic rings. The fraction of sp³-hybridized carbons (Fsp3) is 0.556. The van der Waals surface area contributed by atoms with Crippen LogP contribution < -0.4 is 11.1 Å². The van der Waals surface area contributed by atoms with E-state index in [9.17, 15) is 29.5 Å². The zero-order chi connectivity index (χ0) is 23.8. The van der Waals surface area contributed by atoms with Crippen molar-refractivity contribution in [3.8, 4) is 0 Å². The molecule has 0 saturated carbocycles. The smallest absolute Gasteiger partial charge is 0.409 e. The Balaban J connectivity index is 1.38. The highest BCUT2D eigenvalue weighted by Gasteiger charge is 2.58. The summed E-state index contributed by atoms with van der Waals surface area (Å²) < 4.78 is 5.29. The second-order valence-corrected chi connectivity index (χ2v) is 9.97. The molecule has 3 amide bonds. The van der Waals surface area contributed by atoms with Crippen LogP contribution in [0.25, 0.3) is 0 Å². The highest BCUT2D eigenvalue weighted by atomic mass is 32.2. The Morgan fingerprint density at radius 3 is 2.70 bits per heavy atom. The van der Waals surface area contributed by atoms with Crippen LogP contribution in [0, 0.1) is 5.41 Å². The number of oxime groups is 1. The number of hydrogen-bond acceptors (Lipinski definition) is 11. The molecule has 0 spiro atoms. The lowest BCUT2D eigenvalue weighted by Gasteiger charge is -2.53. The maximum Gasteiger partial charge on any atom is 0.409 e. The molecule has 3 saturated heterocycles. The van der Waals surface area contributed by atoms with Gasteiger partial charge in [-0.15, -0.1) is 23.1 Å². The number of likely N-dealkylation sites (tertiary alicyclic amines) is 1. The van der Waals surface area contributed by atoms with E-state index in [1.807, 2.05) is 0 Å². The number of hydrogen-bond donors (Lipinski definition) is 4. The Bertz CT molecular complexity index is 1010. The summed E-state index contributed by atoms with van der Waals surface area (Å²) in [6.45, 7) is 0.648. The van der Waals surface area contributed by atoms with Crippen LogP contribution in [-0.2, 0) is 19.1 Å². The number of aliphatic carboxylic acids is 1. The van der Waals surface area contributed by atoms with Crippen molar-refractivity contribution >= 4 is 57.8 Å². The average molecular weight is 499 g/mol. The Morgan fingerprint density at radius 2 is 2.09 bits per heavy atom. The first kappa shape index (κ1) is 23.1. The van der Waals surface area contributed by atoms with Crippen molar-refractivity contribution in [1.82, 2.24) is 20.1 Å². The van der Waals surface area contributed by atoms with Crippen molar-refractivity contribution in [3.63, 3.8) is 0 Å². The summed E-state index contributed by atoms with van der Waals surface area (Å²) >= 11 is 2.23. The standard InChI is InChI=1S/C18H22N6O7S2/c19-16-20-9(5-32-16)10(22-30)12(25)21-11-13(26)24-6-18(15(27)28,8-33-14(11)24)7-31-17(29)23-3-1-2-4-23/h5,11,14,30H,1-4,6-8H2,(H2,19,20)(H,21,25)(H,27,28)/t11?,14-,18?/m1/s1. The molecule has 4 heterocycles. The third kappa shape index (κ3) is 4.29. The molecule has 1 aromatic heterocycles. The van der Waals surface area contributed by atoms with E-state index in [-0.39, 0.29) is 35.4 Å². The molecule has 13 nitrogen and oxygen atoms in total. The highest BCUT2D eigenvalue weighted by Crippen LogP contribution is 2.42. The number of nitrogens with two attached hydrogens (primary N) is 1. The van der Waals surface area contributed by atoms with Crippen molar-refractivity contribution in [1.29, 1.82) is 0 Å². The summed E-state index contributed by atoms with van der Waals surface area (Å²) in [5.41, 5.74) is 3.78. The van der Waals surface area contributed by atoms with Crippen LogP contribution in [0.4, 0.5) is 9.93 Å². The molecule has 178 valence electrons. The van der Waals surface area contributed by atoms with Crippen LogP contribution in [0.3, 0.4) is 0 Å². The van der Waals surface area contributed by atoms with E-state index in [1.165, 1.54) is 26.9 Å². The van der Waals surface area contributed by atoms with Gasteiger partial charge in [-0.05, 0) is 12.8 Å². The summed E-state index contributed by atoms with van der Waals surface area (Å²) in [7, 11) is 0. The van der Waals surface area contributed by atoms with E-state index in [0.29, 0.717) is 13.1 Å². The number of rotatable bonds is 6. The molecule has 3 aliphatic heterocycles. The van der Waals surface area contributed by atoms with Crippen molar-refractivity contribution in [3.05, 3.63) is 11.1 Å². The molecule has 4 rings (SSSR count). The largest absolute Gasteiger partial charge is 0.481 e. The summed E-state index contributed by atoms with van der Waals surface area (Å²) in [5.74, 6) is -2.37. The number of nitrogens with one attached hydrogen (secondary N) is 1. The van der Waals surface area contributed by atoms with Gasteiger partial charge in [0.25, 0.3) is 5.91 Å². The number of carbonyl (C=O) groups is 4. The molecule has 33 heavy (non-hydrogen) atoms. The van der Waals surface area contributed by atoms with Gasteiger partial charge in [-0.2, -0.15) is 0 Å². The lowest BCUT2D eigenvalue weighted by molar-refractivity contribution is -0.160. The number of β-lactam (4-membered cyclic amide) rings is 1. The minimum absolute atomic E-state index is 0.0714. The fourth-order valence-electron chi connectivity index (χ4n) is 3.92. The van der Waals surface area contributed by atoms with E-state index in [2.05, 4.69) is 15.5 Å². The van der Waals surface area contributed by atoms with E-state index < -0.39 is 40.7 Å². The first-order valence-corrected chi connectivity index (χ1v) is 12.0. The van der Waals surface area contributed by atoms with Gasteiger partial charge in [-0.3, -0.25) is 14.4 Å². The molecule has 3 aliphatic rings. The molecule has 0 aliphatic carbocycles. The number of anilines is 1. The Labute approximate surface area is 195 Å². The van der Waals surface area contributed by atoms with Gasteiger partial charge in [0.1, 0.15) is 29.1 Å². The second-order valence-electron chi connectivity index (χ2n) is 7.97. The number of amides is 3. The lowest BCUT2D eigenvalue weighted by Crippen LogP contribution is -2.74. The molecule has 3 fully saturated rings. The van der Waals surface area contributed by atoms with E-state index >= 15 is 0 Å². The zero-order valence-electron chi connectivity index (χ0n) is 17.3. The second kappa shape index (κ2) is 9.05. The van der Waals surface area contributed by atoms with Gasteiger partial charge in [0, 0.05) is 30.8 Å². The van der Waals surface area contributed by atoms with Gasteiger partial charge < -0.3 is 35.9 Å². The fourth-order valence-corrected chi connectivity index (χ4v) is 5.99. The van der Waals surface area contributed by atoms with Crippen LogP contribution in [0.15, 0.2) is 10.5 Å². The first-order valence-electron chi connectivity index (χ1n) is 10.1. The third-order valence-electron chi connectivity index (χ3n) is 5.80. The van der Waals surface area contributed by atoms with E-state index in [1.54, 1.807) is 0 Å². The van der Waals surface area contributed by atoms with Crippen molar-refractivity contribution in [2.75, 3.05) is 37.7 Å². The van der Waals surface area contributed by atoms with Crippen LogP contribution >= 0.6 is 23.1 Å². The number of thiazole rings is 1. The molecule has 0 radical (unpaired) electrons. The number of ether oxygens (including phenoxy) is 1. The lowest BCUT2D eigenvalue weighted by atomic mass is 9.88. The van der Waals surface area contributed by atoms with Crippen LogP contribution in [0.1, 0.15) is 18.5 Å². The number of carboxylic acids is 1.